The van der Waals surface area contributed by atoms with E-state index in [0.717, 1.165) is 52.9 Å². The third-order valence-corrected chi connectivity index (χ3v) is 5.09. The molecule has 0 amide bonds. The monoisotopic (exact) mass is 390 g/mol. The highest BCUT2D eigenvalue weighted by Crippen LogP contribution is 2.31. The van der Waals surface area contributed by atoms with Gasteiger partial charge in [-0.05, 0) is 37.1 Å². The highest BCUT2D eigenvalue weighted by molar-refractivity contribution is 9.10. The first-order valence-corrected chi connectivity index (χ1v) is 8.88. The van der Waals surface area contributed by atoms with E-state index in [-0.39, 0.29) is 0 Å². The maximum Gasteiger partial charge on any atom is 0.129 e. The van der Waals surface area contributed by atoms with Crippen LogP contribution >= 0.6 is 27.5 Å². The number of halogens is 2. The molecule has 0 radical (unpaired) electrons. The van der Waals surface area contributed by atoms with Crippen LogP contribution in [0.25, 0.3) is 10.9 Å². The summed E-state index contributed by atoms with van der Waals surface area (Å²) in [6.45, 7) is 1.95. The van der Waals surface area contributed by atoms with Crippen LogP contribution in [0.5, 0.6) is 0 Å². The molecule has 0 spiro atoms. The second kappa shape index (κ2) is 6.13. The van der Waals surface area contributed by atoms with Crippen molar-refractivity contribution < 1.29 is 0 Å². The van der Waals surface area contributed by atoms with Crippen molar-refractivity contribution in [2.75, 3.05) is 18.0 Å². The lowest BCUT2D eigenvalue weighted by Crippen LogP contribution is -2.35. The first-order valence-electron chi connectivity index (χ1n) is 7.71. The number of anilines is 1. The van der Waals surface area contributed by atoms with Gasteiger partial charge in [-0.2, -0.15) is 0 Å². The quantitative estimate of drug-likeness (QED) is 0.685. The van der Waals surface area contributed by atoms with E-state index in [1.165, 1.54) is 0 Å². The molecule has 2 aromatic heterocycles. The zero-order chi connectivity index (χ0) is 15.8. The summed E-state index contributed by atoms with van der Waals surface area (Å²) in [6.07, 6.45) is 6.00. The van der Waals surface area contributed by atoms with Gasteiger partial charge in [0.2, 0.25) is 0 Å². The largest absolute Gasteiger partial charge is 0.356 e. The van der Waals surface area contributed by atoms with Crippen molar-refractivity contribution in [3.05, 3.63) is 52.0 Å². The summed E-state index contributed by atoms with van der Waals surface area (Å²) >= 11 is 9.83. The Labute approximate surface area is 148 Å². The fourth-order valence-corrected chi connectivity index (χ4v) is 4.11. The highest BCUT2D eigenvalue weighted by Gasteiger charge is 2.24. The number of nitrogens with one attached hydrogen (secondary N) is 1. The summed E-state index contributed by atoms with van der Waals surface area (Å²) in [6, 6.07) is 8.10. The molecule has 1 aliphatic heterocycles. The molecule has 1 aliphatic rings. The fraction of sp³-hybridized carbons (Fsp3) is 0.294. The van der Waals surface area contributed by atoms with Crippen LogP contribution in [0.3, 0.4) is 0 Å². The third-order valence-electron chi connectivity index (χ3n) is 4.35. The van der Waals surface area contributed by atoms with Crippen LogP contribution in [0.15, 0.2) is 41.1 Å². The molecule has 1 unspecified atom stereocenters. The van der Waals surface area contributed by atoms with Crippen LogP contribution < -0.4 is 4.90 Å². The number of piperidine rings is 1. The average molecular weight is 392 g/mol. The zero-order valence-corrected chi connectivity index (χ0v) is 14.8. The number of pyridine rings is 1. The van der Waals surface area contributed by atoms with Gasteiger partial charge in [-0.25, -0.2) is 9.97 Å². The van der Waals surface area contributed by atoms with E-state index in [4.69, 9.17) is 16.6 Å². The van der Waals surface area contributed by atoms with Gasteiger partial charge < -0.3 is 9.88 Å². The molecule has 23 heavy (non-hydrogen) atoms. The van der Waals surface area contributed by atoms with Crippen LogP contribution in [0.4, 0.5) is 5.82 Å². The van der Waals surface area contributed by atoms with Gasteiger partial charge >= 0.3 is 0 Å². The second-order valence-electron chi connectivity index (χ2n) is 5.89. The van der Waals surface area contributed by atoms with Crippen LogP contribution in [0.1, 0.15) is 24.6 Å². The molecule has 3 heterocycles. The van der Waals surface area contributed by atoms with E-state index in [0.29, 0.717) is 10.9 Å². The molecule has 4 rings (SSSR count). The van der Waals surface area contributed by atoms with Gasteiger partial charge in [0.1, 0.15) is 11.6 Å². The summed E-state index contributed by atoms with van der Waals surface area (Å²) in [5.41, 5.74) is 0.854. The summed E-state index contributed by atoms with van der Waals surface area (Å²) in [4.78, 5) is 14.8. The molecule has 1 aromatic carbocycles. The lowest BCUT2D eigenvalue weighted by molar-refractivity contribution is 0.492. The molecule has 1 N–H and O–H groups in total. The van der Waals surface area contributed by atoms with Crippen molar-refractivity contribution in [2.24, 2.45) is 0 Å². The Morgan fingerprint density at radius 1 is 1.30 bits per heavy atom. The number of hydrogen-bond acceptors (Lipinski definition) is 3. The van der Waals surface area contributed by atoms with E-state index in [1.54, 1.807) is 0 Å². The second-order valence-corrected chi connectivity index (χ2v) is 7.21. The predicted octanol–water partition coefficient (Wildman–Crippen LogP) is 4.76. The first kappa shape index (κ1) is 15.0. The number of benzene rings is 1. The standard InChI is InChI=1S/C17H16BrClN4/c18-13-8-11-3-4-15(22-16(11)14(19)9-13)23-7-1-2-12(10-23)17-20-5-6-21-17/h3-6,8-9,12H,1-2,7,10H2,(H,20,21). The van der Waals surface area contributed by atoms with Gasteiger partial charge in [0, 0.05) is 41.3 Å². The van der Waals surface area contributed by atoms with Crippen LogP contribution in [-0.4, -0.2) is 28.0 Å². The highest BCUT2D eigenvalue weighted by atomic mass is 79.9. The number of hydrogen-bond donors (Lipinski definition) is 1. The Morgan fingerprint density at radius 2 is 2.22 bits per heavy atom. The number of rotatable bonds is 2. The van der Waals surface area contributed by atoms with E-state index in [9.17, 15) is 0 Å². The molecule has 1 fully saturated rings. The zero-order valence-electron chi connectivity index (χ0n) is 12.5. The number of aromatic amines is 1. The summed E-state index contributed by atoms with van der Waals surface area (Å²) in [5.74, 6) is 2.48. The maximum absolute atomic E-state index is 6.36. The topological polar surface area (TPSA) is 44.8 Å². The van der Waals surface area contributed by atoms with Gasteiger partial charge in [-0.3, -0.25) is 0 Å². The Morgan fingerprint density at radius 3 is 3.04 bits per heavy atom. The normalized spacial score (nSPS) is 18.5. The van der Waals surface area contributed by atoms with Gasteiger partial charge in [0.05, 0.1) is 10.5 Å². The Bertz CT molecular complexity index is 834. The third kappa shape index (κ3) is 2.95. The van der Waals surface area contributed by atoms with E-state index in [1.807, 2.05) is 24.5 Å². The molecular formula is C17H16BrClN4. The minimum Gasteiger partial charge on any atom is -0.356 e. The fourth-order valence-electron chi connectivity index (χ4n) is 3.23. The molecular weight excluding hydrogens is 376 g/mol. The first-order chi connectivity index (χ1) is 11.2. The minimum atomic E-state index is 0.427. The lowest BCUT2D eigenvalue weighted by Gasteiger charge is -2.32. The van der Waals surface area contributed by atoms with Gasteiger partial charge in [-0.15, -0.1) is 0 Å². The van der Waals surface area contributed by atoms with Crippen molar-refractivity contribution in [3.8, 4) is 0 Å². The Balaban J connectivity index is 1.66. The summed E-state index contributed by atoms with van der Waals surface area (Å²) < 4.78 is 0.973. The predicted molar refractivity (Wildman–Crippen MR) is 97.2 cm³/mol. The van der Waals surface area contributed by atoms with Crippen molar-refractivity contribution in [1.82, 2.24) is 15.0 Å². The number of fused-ring (bicyclic) bond motifs is 1. The number of aromatic nitrogens is 3. The van der Waals surface area contributed by atoms with Crippen molar-refractivity contribution >= 4 is 44.3 Å². The average Bonchev–Trinajstić information content (AvgIpc) is 3.09. The molecule has 1 saturated heterocycles. The molecule has 4 nitrogen and oxygen atoms in total. The molecule has 0 aliphatic carbocycles. The number of imidazole rings is 1. The number of H-pyrrole nitrogens is 1. The molecule has 0 saturated carbocycles. The minimum absolute atomic E-state index is 0.427. The van der Waals surface area contributed by atoms with E-state index >= 15 is 0 Å². The van der Waals surface area contributed by atoms with Crippen LogP contribution in [0, 0.1) is 0 Å². The van der Waals surface area contributed by atoms with Crippen molar-refractivity contribution in [1.29, 1.82) is 0 Å². The molecule has 0 bridgehead atoms. The molecule has 6 heteroatoms. The lowest BCUT2D eigenvalue weighted by atomic mass is 9.97. The smallest absolute Gasteiger partial charge is 0.129 e. The number of nitrogens with zero attached hydrogens (tertiary/aromatic N) is 3. The van der Waals surface area contributed by atoms with Gasteiger partial charge in [0.25, 0.3) is 0 Å². The molecule has 1 atom stereocenters. The van der Waals surface area contributed by atoms with Crippen LogP contribution in [-0.2, 0) is 0 Å². The molecule has 3 aromatic rings. The van der Waals surface area contributed by atoms with Crippen LogP contribution in [0.2, 0.25) is 5.02 Å². The van der Waals surface area contributed by atoms with Crippen molar-refractivity contribution in [2.45, 2.75) is 18.8 Å². The Kier molecular flexibility index (Phi) is 3.99. The van der Waals surface area contributed by atoms with Gasteiger partial charge in [0.15, 0.2) is 0 Å². The Hall–Kier alpha value is -1.59. The van der Waals surface area contributed by atoms with E-state index in [2.05, 4.69) is 42.9 Å². The van der Waals surface area contributed by atoms with Crippen molar-refractivity contribution in [3.63, 3.8) is 0 Å². The van der Waals surface area contributed by atoms with Gasteiger partial charge in [-0.1, -0.05) is 27.5 Å². The SMILES string of the molecule is Clc1cc(Br)cc2ccc(N3CCCC(c4ncc[nH]4)C3)nc12. The molecule has 118 valence electrons. The summed E-state index contributed by atoms with van der Waals surface area (Å²) in [7, 11) is 0. The maximum atomic E-state index is 6.36. The summed E-state index contributed by atoms with van der Waals surface area (Å²) in [5, 5.41) is 1.73. The van der Waals surface area contributed by atoms with E-state index < -0.39 is 0 Å².